The van der Waals surface area contributed by atoms with E-state index in [1.54, 1.807) is 11.9 Å². The predicted molar refractivity (Wildman–Crippen MR) is 70.0 cm³/mol. The Hall–Kier alpha value is -1.34. The van der Waals surface area contributed by atoms with Crippen molar-refractivity contribution in [2.75, 3.05) is 40.8 Å². The molecule has 1 heterocycles. The van der Waals surface area contributed by atoms with Crippen molar-refractivity contribution in [3.63, 3.8) is 0 Å². The fourth-order valence-corrected chi connectivity index (χ4v) is 2.30. The number of aliphatic hydroxyl groups is 1. The number of β-amino-alcohol motifs (C(OH)–C–C–N with tert-alkyl or cyclic N) is 1. The van der Waals surface area contributed by atoms with Crippen LogP contribution in [0.4, 0.5) is 4.79 Å². The van der Waals surface area contributed by atoms with Crippen LogP contribution >= 0.6 is 0 Å². The van der Waals surface area contributed by atoms with Gasteiger partial charge < -0.3 is 24.9 Å². The van der Waals surface area contributed by atoms with Crippen molar-refractivity contribution in [1.29, 1.82) is 0 Å². The van der Waals surface area contributed by atoms with Crippen molar-refractivity contribution in [1.82, 2.24) is 14.7 Å². The Kier molecular flexibility index (Phi) is 5.56. The third-order valence-corrected chi connectivity index (χ3v) is 3.20. The Labute approximate surface area is 113 Å². The third-order valence-electron chi connectivity index (χ3n) is 3.20. The van der Waals surface area contributed by atoms with E-state index in [9.17, 15) is 14.7 Å². The number of carbonyl (C=O) groups excluding carboxylic acids is 1. The van der Waals surface area contributed by atoms with Crippen molar-refractivity contribution in [3.05, 3.63) is 0 Å². The zero-order valence-electron chi connectivity index (χ0n) is 11.7. The zero-order valence-corrected chi connectivity index (χ0v) is 11.7. The van der Waals surface area contributed by atoms with Gasteiger partial charge in [-0.1, -0.05) is 0 Å². The highest BCUT2D eigenvalue weighted by Crippen LogP contribution is 2.20. The van der Waals surface area contributed by atoms with Gasteiger partial charge in [-0.25, -0.2) is 4.79 Å². The molecule has 2 atom stereocenters. The normalized spacial score (nSPS) is 22.9. The molecule has 1 fully saturated rings. The second-order valence-corrected chi connectivity index (χ2v) is 5.31. The van der Waals surface area contributed by atoms with Crippen LogP contribution in [-0.4, -0.2) is 89.8 Å². The summed E-state index contributed by atoms with van der Waals surface area (Å²) in [6.45, 7) is 1.18. The van der Waals surface area contributed by atoms with Gasteiger partial charge in [-0.05, 0) is 20.5 Å². The van der Waals surface area contributed by atoms with E-state index < -0.39 is 12.1 Å². The van der Waals surface area contributed by atoms with E-state index >= 15 is 0 Å². The van der Waals surface area contributed by atoms with Gasteiger partial charge in [0, 0.05) is 32.7 Å². The summed E-state index contributed by atoms with van der Waals surface area (Å²) in [5, 5.41) is 18.3. The maximum Gasteiger partial charge on any atom is 0.320 e. The summed E-state index contributed by atoms with van der Waals surface area (Å²) in [5.41, 5.74) is 0. The van der Waals surface area contributed by atoms with Crippen molar-refractivity contribution in [2.45, 2.75) is 25.0 Å². The minimum atomic E-state index is -0.925. The van der Waals surface area contributed by atoms with Gasteiger partial charge >= 0.3 is 12.0 Å². The Morgan fingerprint density at radius 2 is 1.95 bits per heavy atom. The minimum Gasteiger partial charge on any atom is -0.481 e. The predicted octanol–water partition coefficient (Wildman–Crippen LogP) is -0.490. The Balaban J connectivity index is 2.59. The molecule has 0 aromatic heterocycles. The van der Waals surface area contributed by atoms with E-state index in [-0.39, 0.29) is 25.0 Å². The second kappa shape index (κ2) is 6.72. The molecular weight excluding hydrogens is 250 g/mol. The lowest BCUT2D eigenvalue weighted by Crippen LogP contribution is -2.47. The van der Waals surface area contributed by atoms with Crippen LogP contribution < -0.4 is 0 Å². The monoisotopic (exact) mass is 273 g/mol. The number of hydrogen-bond donors (Lipinski definition) is 2. The highest BCUT2D eigenvalue weighted by molar-refractivity contribution is 5.76. The molecule has 110 valence electrons. The van der Waals surface area contributed by atoms with Crippen molar-refractivity contribution >= 4 is 12.0 Å². The number of hydrogen-bond acceptors (Lipinski definition) is 4. The van der Waals surface area contributed by atoms with Gasteiger partial charge in [0.15, 0.2) is 0 Å². The lowest BCUT2D eigenvalue weighted by molar-refractivity contribution is -0.137. The van der Waals surface area contributed by atoms with E-state index in [4.69, 9.17) is 5.11 Å². The minimum absolute atomic E-state index is 0.0234. The molecule has 0 aromatic carbocycles. The van der Waals surface area contributed by atoms with Gasteiger partial charge in [-0.3, -0.25) is 4.79 Å². The van der Waals surface area contributed by atoms with E-state index in [1.165, 1.54) is 4.90 Å². The molecule has 0 aliphatic carbocycles. The van der Waals surface area contributed by atoms with Gasteiger partial charge in [0.1, 0.15) is 0 Å². The standard InChI is InChI=1S/C12H23N3O4/c1-13(2)7-9-6-10(16)8-15(9)12(19)14(3)5-4-11(17)18/h9-10,16H,4-8H2,1-3H3,(H,17,18). The number of carbonyl (C=O) groups is 2. The number of nitrogens with zero attached hydrogens (tertiary/aromatic N) is 3. The largest absolute Gasteiger partial charge is 0.481 e. The molecule has 0 saturated carbocycles. The number of carboxylic acid groups (broad SMARTS) is 1. The molecule has 1 aliphatic heterocycles. The highest BCUT2D eigenvalue weighted by atomic mass is 16.4. The molecule has 7 heteroatoms. The van der Waals surface area contributed by atoms with Crippen molar-refractivity contribution in [2.24, 2.45) is 0 Å². The molecule has 2 N–H and O–H groups in total. The van der Waals surface area contributed by atoms with Crippen LogP contribution in [-0.2, 0) is 4.79 Å². The van der Waals surface area contributed by atoms with E-state index in [0.717, 1.165) is 0 Å². The first-order chi connectivity index (χ1) is 8.81. The fraction of sp³-hybridized carbons (Fsp3) is 0.833. The lowest BCUT2D eigenvalue weighted by Gasteiger charge is -2.30. The maximum absolute atomic E-state index is 12.2. The van der Waals surface area contributed by atoms with Gasteiger partial charge in [0.05, 0.1) is 12.5 Å². The zero-order chi connectivity index (χ0) is 14.6. The van der Waals surface area contributed by atoms with Crippen LogP contribution in [0.3, 0.4) is 0 Å². The summed E-state index contributed by atoms with van der Waals surface area (Å²) in [6, 6.07) is -0.241. The Morgan fingerprint density at radius 1 is 1.32 bits per heavy atom. The first kappa shape index (κ1) is 15.7. The SMILES string of the molecule is CN(C)CC1CC(O)CN1C(=O)N(C)CCC(=O)O. The molecular formula is C12H23N3O4. The van der Waals surface area contributed by atoms with Crippen LogP contribution in [0.2, 0.25) is 0 Å². The van der Waals surface area contributed by atoms with Gasteiger partial charge in [-0.2, -0.15) is 0 Å². The lowest BCUT2D eigenvalue weighted by atomic mass is 10.2. The number of likely N-dealkylation sites (N-methyl/N-ethyl adjacent to an activating group) is 1. The van der Waals surface area contributed by atoms with E-state index in [0.29, 0.717) is 19.5 Å². The Morgan fingerprint density at radius 3 is 2.47 bits per heavy atom. The molecule has 7 nitrogen and oxygen atoms in total. The number of amides is 2. The van der Waals surface area contributed by atoms with Gasteiger partial charge in [0.2, 0.25) is 0 Å². The summed E-state index contributed by atoms with van der Waals surface area (Å²) in [7, 11) is 5.42. The molecule has 0 aromatic rings. The van der Waals surface area contributed by atoms with Crippen LogP contribution in [0.5, 0.6) is 0 Å². The average Bonchev–Trinajstić information content (AvgIpc) is 2.65. The Bertz CT molecular complexity index is 335. The van der Waals surface area contributed by atoms with Crippen LogP contribution in [0.25, 0.3) is 0 Å². The highest BCUT2D eigenvalue weighted by Gasteiger charge is 2.35. The number of likely N-dealkylation sites (tertiary alicyclic amines) is 1. The second-order valence-electron chi connectivity index (χ2n) is 5.31. The molecule has 0 bridgehead atoms. The van der Waals surface area contributed by atoms with Crippen LogP contribution in [0, 0.1) is 0 Å². The quantitative estimate of drug-likeness (QED) is 0.706. The summed E-state index contributed by atoms with van der Waals surface area (Å²) in [4.78, 5) is 27.7. The molecule has 2 unspecified atom stereocenters. The summed E-state index contributed by atoms with van der Waals surface area (Å²) >= 11 is 0. The molecule has 0 spiro atoms. The van der Waals surface area contributed by atoms with Gasteiger partial charge in [0.25, 0.3) is 0 Å². The summed E-state index contributed by atoms with van der Waals surface area (Å²) < 4.78 is 0. The molecule has 1 saturated heterocycles. The molecule has 2 amide bonds. The first-order valence-electron chi connectivity index (χ1n) is 6.37. The van der Waals surface area contributed by atoms with Crippen LogP contribution in [0.15, 0.2) is 0 Å². The molecule has 1 rings (SSSR count). The van der Waals surface area contributed by atoms with Crippen LogP contribution in [0.1, 0.15) is 12.8 Å². The third kappa shape index (κ3) is 4.68. The molecule has 1 aliphatic rings. The van der Waals surface area contributed by atoms with E-state index in [2.05, 4.69) is 0 Å². The van der Waals surface area contributed by atoms with Crippen molar-refractivity contribution < 1.29 is 19.8 Å². The molecule has 19 heavy (non-hydrogen) atoms. The number of aliphatic carboxylic acids is 1. The number of urea groups is 1. The summed E-state index contributed by atoms with van der Waals surface area (Å²) in [6.07, 6.45) is -0.00464. The number of aliphatic hydroxyl groups excluding tert-OH is 1. The number of carboxylic acids is 1. The van der Waals surface area contributed by atoms with Gasteiger partial charge in [-0.15, -0.1) is 0 Å². The topological polar surface area (TPSA) is 84.3 Å². The average molecular weight is 273 g/mol. The fourth-order valence-electron chi connectivity index (χ4n) is 2.30. The number of rotatable bonds is 5. The molecule has 0 radical (unpaired) electrons. The summed E-state index contributed by atoms with van der Waals surface area (Å²) in [5.74, 6) is -0.925. The first-order valence-corrected chi connectivity index (χ1v) is 6.37. The maximum atomic E-state index is 12.2. The van der Waals surface area contributed by atoms with E-state index in [1.807, 2.05) is 19.0 Å². The van der Waals surface area contributed by atoms with Crippen molar-refractivity contribution in [3.8, 4) is 0 Å². The smallest absolute Gasteiger partial charge is 0.320 e.